The van der Waals surface area contributed by atoms with Crippen molar-refractivity contribution in [1.29, 1.82) is 0 Å². The maximum Gasteiger partial charge on any atom is 0.342 e. The van der Waals surface area contributed by atoms with Gasteiger partial charge in [-0.2, -0.15) is 0 Å². The van der Waals surface area contributed by atoms with E-state index in [1.807, 2.05) is 0 Å². The molecule has 1 rings (SSSR count). The van der Waals surface area contributed by atoms with Gasteiger partial charge in [0.25, 0.3) is 5.69 Å². The van der Waals surface area contributed by atoms with Gasteiger partial charge in [-0.1, -0.05) is 0 Å². The minimum Gasteiger partial charge on any atom is -0.456 e. The minimum atomic E-state index is -0.730. The molecule has 0 aliphatic carbocycles. The van der Waals surface area contributed by atoms with Crippen molar-refractivity contribution < 1.29 is 14.5 Å². The Hall–Kier alpha value is -2.18. The Morgan fingerprint density at radius 2 is 2.12 bits per heavy atom. The smallest absolute Gasteiger partial charge is 0.342 e. The summed E-state index contributed by atoms with van der Waals surface area (Å²) in [6, 6.07) is 1.05. The standard InChI is InChI=1S/C10H13N3O4/c1-10(2,3)17-9(14)7-4-6(13(15)16)5-12-8(7)11/h4-5H,1-3H3,(H2,11,12). The SMILES string of the molecule is CC(C)(C)OC(=O)c1cc([N+](=O)[O-])cnc1N. The van der Waals surface area contributed by atoms with Gasteiger partial charge >= 0.3 is 5.97 Å². The molecule has 0 spiro atoms. The summed E-state index contributed by atoms with van der Waals surface area (Å²) in [5.74, 6) is -0.823. The molecule has 17 heavy (non-hydrogen) atoms. The third kappa shape index (κ3) is 3.40. The van der Waals surface area contributed by atoms with Crippen LogP contribution in [0, 0.1) is 10.1 Å². The molecule has 0 amide bonds. The van der Waals surface area contributed by atoms with E-state index < -0.39 is 16.5 Å². The number of carbonyl (C=O) groups is 1. The number of nitrogens with two attached hydrogens (primary N) is 1. The Bertz CT molecular complexity index is 465. The van der Waals surface area contributed by atoms with Gasteiger partial charge in [-0.05, 0) is 20.8 Å². The summed E-state index contributed by atoms with van der Waals surface area (Å²) < 4.78 is 5.06. The molecule has 0 unspecified atom stereocenters. The van der Waals surface area contributed by atoms with Gasteiger partial charge in [0, 0.05) is 6.07 Å². The molecule has 2 N–H and O–H groups in total. The first kappa shape index (κ1) is 12.9. The van der Waals surface area contributed by atoms with E-state index in [0.29, 0.717) is 0 Å². The molecule has 0 bridgehead atoms. The number of aromatic nitrogens is 1. The molecule has 0 aliphatic heterocycles. The number of carbonyl (C=O) groups excluding carboxylic acids is 1. The number of rotatable bonds is 2. The van der Waals surface area contributed by atoms with E-state index in [-0.39, 0.29) is 17.1 Å². The molecule has 0 fully saturated rings. The summed E-state index contributed by atoms with van der Waals surface area (Å²) in [6.07, 6.45) is 0.989. The van der Waals surface area contributed by atoms with Gasteiger partial charge in [0.2, 0.25) is 0 Å². The number of nitrogen functional groups attached to an aromatic ring is 1. The third-order valence-corrected chi connectivity index (χ3v) is 1.73. The number of esters is 1. The average Bonchev–Trinajstić information content (AvgIpc) is 2.14. The molecule has 7 nitrogen and oxygen atoms in total. The normalized spacial score (nSPS) is 11.0. The molecule has 0 saturated heterocycles. The summed E-state index contributed by atoms with van der Waals surface area (Å²) in [5.41, 5.74) is 4.37. The van der Waals surface area contributed by atoms with E-state index in [4.69, 9.17) is 10.5 Å². The predicted octanol–water partition coefficient (Wildman–Crippen LogP) is 1.53. The van der Waals surface area contributed by atoms with E-state index in [1.54, 1.807) is 20.8 Å². The Kier molecular flexibility index (Phi) is 3.31. The lowest BCUT2D eigenvalue weighted by atomic mass is 10.2. The molecule has 0 aromatic carbocycles. The molecular weight excluding hydrogens is 226 g/mol. The average molecular weight is 239 g/mol. The highest BCUT2D eigenvalue weighted by molar-refractivity contribution is 5.94. The molecule has 0 radical (unpaired) electrons. The van der Waals surface area contributed by atoms with Crippen LogP contribution in [-0.2, 0) is 4.74 Å². The fourth-order valence-electron chi connectivity index (χ4n) is 1.06. The Morgan fingerprint density at radius 3 is 2.59 bits per heavy atom. The molecule has 0 atom stereocenters. The maximum absolute atomic E-state index is 11.7. The summed E-state index contributed by atoms with van der Waals surface area (Å²) >= 11 is 0. The highest BCUT2D eigenvalue weighted by Gasteiger charge is 2.22. The molecule has 0 saturated carbocycles. The van der Waals surface area contributed by atoms with Crippen molar-refractivity contribution >= 4 is 17.5 Å². The van der Waals surface area contributed by atoms with Gasteiger partial charge in [-0.3, -0.25) is 10.1 Å². The number of anilines is 1. The van der Waals surface area contributed by atoms with Crippen molar-refractivity contribution in [2.75, 3.05) is 5.73 Å². The summed E-state index contributed by atoms with van der Waals surface area (Å²) in [7, 11) is 0. The Balaban J connectivity index is 3.08. The van der Waals surface area contributed by atoms with Crippen molar-refractivity contribution in [2.45, 2.75) is 26.4 Å². The minimum absolute atomic E-state index is 0.0927. The molecule has 1 aromatic rings. The Morgan fingerprint density at radius 1 is 1.53 bits per heavy atom. The third-order valence-electron chi connectivity index (χ3n) is 1.73. The van der Waals surface area contributed by atoms with E-state index in [2.05, 4.69) is 4.98 Å². The van der Waals surface area contributed by atoms with Crippen LogP contribution >= 0.6 is 0 Å². The topological polar surface area (TPSA) is 108 Å². The highest BCUT2D eigenvalue weighted by Crippen LogP contribution is 2.20. The van der Waals surface area contributed by atoms with Gasteiger partial charge in [0.15, 0.2) is 0 Å². The first-order chi connectivity index (χ1) is 7.70. The van der Waals surface area contributed by atoms with Crippen molar-refractivity contribution in [3.05, 3.63) is 27.9 Å². The summed E-state index contributed by atoms with van der Waals surface area (Å²) in [5, 5.41) is 10.5. The number of pyridine rings is 1. The molecule has 0 aliphatic rings. The largest absolute Gasteiger partial charge is 0.456 e. The highest BCUT2D eigenvalue weighted by atomic mass is 16.6. The second-order valence-corrected chi connectivity index (χ2v) is 4.39. The van der Waals surface area contributed by atoms with Gasteiger partial charge in [-0.25, -0.2) is 9.78 Å². The number of nitro groups is 1. The lowest BCUT2D eigenvalue weighted by Crippen LogP contribution is -2.24. The van der Waals surface area contributed by atoms with Crippen molar-refractivity contribution in [1.82, 2.24) is 4.98 Å². The van der Waals surface area contributed by atoms with Gasteiger partial charge in [0.05, 0.1) is 4.92 Å². The van der Waals surface area contributed by atoms with Crippen LogP contribution in [0.25, 0.3) is 0 Å². The zero-order valence-corrected chi connectivity index (χ0v) is 9.76. The number of hydrogen-bond acceptors (Lipinski definition) is 6. The van der Waals surface area contributed by atoms with Crippen molar-refractivity contribution in [3.63, 3.8) is 0 Å². The zero-order valence-electron chi connectivity index (χ0n) is 9.76. The van der Waals surface area contributed by atoms with Crippen molar-refractivity contribution in [2.24, 2.45) is 0 Å². The van der Waals surface area contributed by atoms with E-state index in [9.17, 15) is 14.9 Å². The lowest BCUT2D eigenvalue weighted by Gasteiger charge is -2.19. The van der Waals surface area contributed by atoms with Crippen LogP contribution in [0.3, 0.4) is 0 Å². The van der Waals surface area contributed by atoms with Crippen LogP contribution in [0.2, 0.25) is 0 Å². The molecule has 92 valence electrons. The monoisotopic (exact) mass is 239 g/mol. The lowest BCUT2D eigenvalue weighted by molar-refractivity contribution is -0.385. The van der Waals surface area contributed by atoms with Crippen LogP contribution in [0.15, 0.2) is 12.3 Å². The predicted molar refractivity (Wildman–Crippen MR) is 60.5 cm³/mol. The number of ether oxygens (including phenoxy) is 1. The van der Waals surface area contributed by atoms with Crippen LogP contribution in [0.1, 0.15) is 31.1 Å². The zero-order chi connectivity index (χ0) is 13.2. The number of hydrogen-bond donors (Lipinski definition) is 1. The van der Waals surface area contributed by atoms with Crippen molar-refractivity contribution in [3.8, 4) is 0 Å². The van der Waals surface area contributed by atoms with Crippen LogP contribution < -0.4 is 5.73 Å². The summed E-state index contributed by atoms with van der Waals surface area (Å²) in [4.78, 5) is 25.2. The van der Waals surface area contributed by atoms with E-state index in [1.165, 1.54) is 0 Å². The second-order valence-electron chi connectivity index (χ2n) is 4.39. The quantitative estimate of drug-likeness (QED) is 0.476. The van der Waals surface area contributed by atoms with E-state index in [0.717, 1.165) is 12.3 Å². The second kappa shape index (κ2) is 4.36. The van der Waals surface area contributed by atoms with Crippen LogP contribution in [0.4, 0.5) is 11.5 Å². The molecular formula is C10H13N3O4. The molecule has 7 heteroatoms. The maximum atomic E-state index is 11.7. The van der Waals surface area contributed by atoms with Crippen LogP contribution in [-0.4, -0.2) is 21.5 Å². The molecule has 1 heterocycles. The van der Waals surface area contributed by atoms with Gasteiger partial charge in [0.1, 0.15) is 23.2 Å². The van der Waals surface area contributed by atoms with Gasteiger partial charge < -0.3 is 10.5 Å². The Labute approximate surface area is 97.7 Å². The fraction of sp³-hybridized carbons (Fsp3) is 0.400. The number of nitrogens with zero attached hydrogens (tertiary/aromatic N) is 2. The van der Waals surface area contributed by atoms with Crippen LogP contribution in [0.5, 0.6) is 0 Å². The summed E-state index contributed by atoms with van der Waals surface area (Å²) in [6.45, 7) is 5.06. The first-order valence-corrected chi connectivity index (χ1v) is 4.84. The van der Waals surface area contributed by atoms with E-state index >= 15 is 0 Å². The fourth-order valence-corrected chi connectivity index (χ4v) is 1.06. The molecule has 1 aromatic heterocycles. The first-order valence-electron chi connectivity index (χ1n) is 4.84. The van der Waals surface area contributed by atoms with Gasteiger partial charge in [-0.15, -0.1) is 0 Å².